The molecule has 0 aliphatic heterocycles. The van der Waals surface area contributed by atoms with Gasteiger partial charge in [-0.1, -0.05) is 114 Å². The van der Waals surface area contributed by atoms with Crippen molar-refractivity contribution in [3.8, 4) is 33.8 Å². The van der Waals surface area contributed by atoms with E-state index in [0.717, 1.165) is 16.7 Å². The molecule has 0 N–H and O–H groups in total. The van der Waals surface area contributed by atoms with Crippen LogP contribution in [0.4, 0.5) is 0 Å². The summed E-state index contributed by atoms with van der Waals surface area (Å²) in [5.41, 5.74) is 4.19. The number of rotatable bonds is 8. The van der Waals surface area contributed by atoms with Gasteiger partial charge >= 0.3 is 5.76 Å². The Balaban J connectivity index is 1.44. The molecule has 0 spiro atoms. The predicted molar refractivity (Wildman–Crippen MR) is 156 cm³/mol. The van der Waals surface area contributed by atoms with E-state index in [1.807, 2.05) is 97.9 Å². The van der Waals surface area contributed by atoms with Crippen LogP contribution in [0.3, 0.4) is 0 Å². The molecule has 0 atom stereocenters. The van der Waals surface area contributed by atoms with E-state index in [0.29, 0.717) is 22.7 Å². The first-order valence-corrected chi connectivity index (χ1v) is 14.6. The van der Waals surface area contributed by atoms with Crippen molar-refractivity contribution >= 4 is 9.84 Å². The second-order valence-electron chi connectivity index (χ2n) is 9.58. The van der Waals surface area contributed by atoms with Crippen LogP contribution in [0.5, 0.6) is 0 Å². The third-order valence-corrected chi connectivity index (χ3v) is 8.53. The molecule has 2 aromatic heterocycles. The van der Waals surface area contributed by atoms with Crippen LogP contribution in [-0.2, 0) is 22.9 Å². The molecule has 2 heterocycles. The fourth-order valence-corrected chi connectivity index (χ4v) is 6.14. The number of nitrogens with zero attached hydrogens (tertiary/aromatic N) is 4. The Morgan fingerprint density at radius 1 is 0.683 bits per heavy atom. The zero-order chi connectivity index (χ0) is 28.4. The summed E-state index contributed by atoms with van der Waals surface area (Å²) in [6.07, 6.45) is 0. The second-order valence-corrected chi connectivity index (χ2v) is 11.4. The van der Waals surface area contributed by atoms with E-state index in [-0.39, 0.29) is 23.0 Å². The molecule has 4 aromatic carbocycles. The van der Waals surface area contributed by atoms with E-state index in [4.69, 9.17) is 4.42 Å². The van der Waals surface area contributed by atoms with Gasteiger partial charge in [0.15, 0.2) is 5.76 Å². The second kappa shape index (κ2) is 10.9. The minimum atomic E-state index is -3.97. The van der Waals surface area contributed by atoms with Crippen LogP contribution in [0.25, 0.3) is 33.8 Å². The van der Waals surface area contributed by atoms with Crippen LogP contribution in [0, 0.1) is 6.92 Å². The van der Waals surface area contributed by atoms with Crippen molar-refractivity contribution in [2.45, 2.75) is 29.9 Å². The minimum Gasteiger partial charge on any atom is -0.407 e. The zero-order valence-electron chi connectivity index (χ0n) is 22.2. The van der Waals surface area contributed by atoms with Gasteiger partial charge in [0.2, 0.25) is 14.9 Å². The van der Waals surface area contributed by atoms with Gasteiger partial charge in [0.05, 0.1) is 17.1 Å². The highest BCUT2D eigenvalue weighted by atomic mass is 32.2. The fourth-order valence-electron chi connectivity index (χ4n) is 4.80. The Kier molecular flexibility index (Phi) is 6.94. The number of aryl methyl sites for hydroxylation is 2. The van der Waals surface area contributed by atoms with Crippen molar-refractivity contribution in [3.05, 3.63) is 131 Å². The molecule has 0 aliphatic rings. The lowest BCUT2D eigenvalue weighted by molar-refractivity contribution is 0.457. The predicted octanol–water partition coefficient (Wildman–Crippen LogP) is 5.88. The van der Waals surface area contributed by atoms with Crippen LogP contribution < -0.4 is 5.76 Å². The molecule has 6 aromatic rings. The normalized spacial score (nSPS) is 11.5. The number of oxazole rings is 1. The number of sulfone groups is 1. The van der Waals surface area contributed by atoms with E-state index < -0.39 is 15.6 Å². The smallest absolute Gasteiger partial charge is 0.407 e. The SMILES string of the molecule is Cc1ccc(S(=O)(=O)c2nnn(CCn3c(-c4ccccc4)c(-c4ccccc4)oc3=O)c2-c2ccccc2)cc1. The average molecular weight is 563 g/mol. The van der Waals surface area contributed by atoms with E-state index in [9.17, 15) is 13.2 Å². The first-order chi connectivity index (χ1) is 19.9. The Hall–Kier alpha value is -5.02. The molecule has 0 saturated carbocycles. The van der Waals surface area contributed by atoms with Crippen LogP contribution in [0.1, 0.15) is 5.56 Å². The summed E-state index contributed by atoms with van der Waals surface area (Å²) in [6, 6.07) is 34.8. The maximum absolute atomic E-state index is 13.7. The van der Waals surface area contributed by atoms with Crippen molar-refractivity contribution in [1.82, 2.24) is 19.6 Å². The van der Waals surface area contributed by atoms with Crippen LogP contribution in [0.2, 0.25) is 0 Å². The Bertz CT molecular complexity index is 1960. The van der Waals surface area contributed by atoms with Crippen molar-refractivity contribution in [1.29, 1.82) is 0 Å². The topological polar surface area (TPSA) is 100.0 Å². The van der Waals surface area contributed by atoms with Gasteiger partial charge in [-0.05, 0) is 19.1 Å². The largest absolute Gasteiger partial charge is 0.420 e. The molecule has 0 radical (unpaired) electrons. The summed E-state index contributed by atoms with van der Waals surface area (Å²) in [6.45, 7) is 2.24. The standard InChI is InChI=1S/C32H26N4O4S/c1-23-17-19-27(20-18-23)41(38,39)31-29(25-13-7-3-8-14-25)36(34-33-31)22-21-35-28(24-11-5-2-6-12-24)30(40-32(35)37)26-15-9-4-10-16-26/h2-20H,21-22H2,1H3. The molecular weight excluding hydrogens is 536 g/mol. The first-order valence-electron chi connectivity index (χ1n) is 13.1. The molecule has 0 fully saturated rings. The Morgan fingerprint density at radius 3 is 1.80 bits per heavy atom. The van der Waals surface area contributed by atoms with Gasteiger partial charge in [0, 0.05) is 23.2 Å². The van der Waals surface area contributed by atoms with E-state index in [2.05, 4.69) is 10.3 Å². The maximum atomic E-state index is 13.7. The molecule has 8 nitrogen and oxygen atoms in total. The van der Waals surface area contributed by atoms with Gasteiger partial charge < -0.3 is 4.42 Å². The lowest BCUT2D eigenvalue weighted by atomic mass is 10.1. The summed E-state index contributed by atoms with van der Waals surface area (Å²) in [5.74, 6) is -0.0529. The van der Waals surface area contributed by atoms with Crippen LogP contribution in [0.15, 0.2) is 134 Å². The van der Waals surface area contributed by atoms with E-state index in [1.165, 1.54) is 4.68 Å². The molecule has 41 heavy (non-hydrogen) atoms. The van der Waals surface area contributed by atoms with Gasteiger partial charge in [-0.15, -0.1) is 5.10 Å². The fraction of sp³-hybridized carbons (Fsp3) is 0.0938. The third-order valence-electron chi connectivity index (χ3n) is 6.85. The molecule has 204 valence electrons. The van der Waals surface area contributed by atoms with E-state index >= 15 is 0 Å². The van der Waals surface area contributed by atoms with Crippen molar-refractivity contribution < 1.29 is 12.8 Å². The molecule has 0 amide bonds. The summed E-state index contributed by atoms with van der Waals surface area (Å²) in [5, 5.41) is 8.26. The molecule has 0 unspecified atom stereocenters. The van der Waals surface area contributed by atoms with Gasteiger partial charge in [-0.2, -0.15) is 0 Å². The number of hydrogen-bond donors (Lipinski definition) is 0. The maximum Gasteiger partial charge on any atom is 0.420 e. The number of hydrogen-bond acceptors (Lipinski definition) is 6. The Labute approximate surface area is 237 Å². The monoisotopic (exact) mass is 562 g/mol. The molecule has 0 aliphatic carbocycles. The van der Waals surface area contributed by atoms with Gasteiger partial charge in [-0.25, -0.2) is 17.9 Å². The molecule has 0 bridgehead atoms. The summed E-state index contributed by atoms with van der Waals surface area (Å²) >= 11 is 0. The third kappa shape index (κ3) is 5.03. The highest BCUT2D eigenvalue weighted by Crippen LogP contribution is 2.33. The molecular formula is C32H26N4O4S. The van der Waals surface area contributed by atoms with Gasteiger partial charge in [0.25, 0.3) is 0 Å². The summed E-state index contributed by atoms with van der Waals surface area (Å²) in [7, 11) is -3.97. The average Bonchev–Trinajstić information content (AvgIpc) is 3.59. The number of aromatic nitrogens is 4. The van der Waals surface area contributed by atoms with Crippen molar-refractivity contribution in [2.75, 3.05) is 0 Å². The van der Waals surface area contributed by atoms with Gasteiger partial charge in [0.1, 0.15) is 5.69 Å². The van der Waals surface area contributed by atoms with Crippen molar-refractivity contribution in [2.24, 2.45) is 0 Å². The quantitative estimate of drug-likeness (QED) is 0.230. The molecule has 9 heteroatoms. The highest BCUT2D eigenvalue weighted by Gasteiger charge is 2.29. The zero-order valence-corrected chi connectivity index (χ0v) is 23.0. The lowest BCUT2D eigenvalue weighted by Crippen LogP contribution is -2.20. The minimum absolute atomic E-state index is 0.136. The lowest BCUT2D eigenvalue weighted by Gasteiger charge is -2.11. The molecule has 6 rings (SSSR count). The van der Waals surface area contributed by atoms with Crippen LogP contribution >= 0.6 is 0 Å². The van der Waals surface area contributed by atoms with E-state index in [1.54, 1.807) is 28.8 Å². The number of benzene rings is 4. The van der Waals surface area contributed by atoms with Crippen molar-refractivity contribution in [3.63, 3.8) is 0 Å². The Morgan fingerprint density at radius 2 is 1.22 bits per heavy atom. The molecule has 0 saturated heterocycles. The van der Waals surface area contributed by atoms with Crippen LogP contribution in [-0.4, -0.2) is 28.0 Å². The summed E-state index contributed by atoms with van der Waals surface area (Å²) in [4.78, 5) is 13.4. The van der Waals surface area contributed by atoms with Gasteiger partial charge in [-0.3, -0.25) is 4.57 Å². The summed E-state index contributed by atoms with van der Waals surface area (Å²) < 4.78 is 36.3. The highest BCUT2D eigenvalue weighted by molar-refractivity contribution is 7.91. The first kappa shape index (κ1) is 26.2.